The highest BCUT2D eigenvalue weighted by Crippen LogP contribution is 2.30. The molecule has 0 spiro atoms. The Kier molecular flexibility index (Phi) is 5.50. The van der Waals surface area contributed by atoms with Gasteiger partial charge in [-0.15, -0.1) is 0 Å². The Bertz CT molecular complexity index is 1320. The fourth-order valence-electron chi connectivity index (χ4n) is 4.09. The van der Waals surface area contributed by atoms with E-state index in [4.69, 9.17) is 9.15 Å². The zero-order chi connectivity index (χ0) is 21.9. The van der Waals surface area contributed by atoms with Crippen molar-refractivity contribution in [3.8, 4) is 16.9 Å². The predicted molar refractivity (Wildman–Crippen MR) is 123 cm³/mol. The van der Waals surface area contributed by atoms with Crippen LogP contribution in [0.5, 0.6) is 5.75 Å². The number of ether oxygens (including phenoxy) is 1. The second-order valence-corrected chi connectivity index (χ2v) is 7.99. The molecule has 1 N–H and O–H groups in total. The van der Waals surface area contributed by atoms with Crippen LogP contribution >= 0.6 is 0 Å². The second-order valence-electron chi connectivity index (χ2n) is 7.99. The quantitative estimate of drug-likeness (QED) is 0.477. The molecule has 6 nitrogen and oxygen atoms in total. The highest BCUT2D eigenvalue weighted by molar-refractivity contribution is 5.76. The number of benzene rings is 3. The van der Waals surface area contributed by atoms with Crippen LogP contribution in [0, 0.1) is 0 Å². The Morgan fingerprint density at radius 2 is 1.81 bits per heavy atom. The Hall–Kier alpha value is -3.80. The molecule has 1 amide bonds. The number of para-hydroxylation sites is 2. The molecular formula is C26H24N2O4. The number of hydrogen-bond donors (Lipinski definition) is 1. The predicted octanol–water partition coefficient (Wildman–Crippen LogP) is 4.29. The van der Waals surface area contributed by atoms with Gasteiger partial charge in [0, 0.05) is 25.9 Å². The van der Waals surface area contributed by atoms with Gasteiger partial charge in [-0.3, -0.25) is 9.36 Å². The molecule has 0 unspecified atom stereocenters. The molecule has 6 heteroatoms. The van der Waals surface area contributed by atoms with Crippen molar-refractivity contribution in [2.45, 2.75) is 32.4 Å². The Morgan fingerprint density at radius 1 is 1.00 bits per heavy atom. The van der Waals surface area contributed by atoms with Crippen LogP contribution in [0.1, 0.15) is 24.0 Å². The molecule has 1 aromatic heterocycles. The Labute approximate surface area is 185 Å². The van der Waals surface area contributed by atoms with Crippen molar-refractivity contribution in [3.63, 3.8) is 0 Å². The fourth-order valence-corrected chi connectivity index (χ4v) is 4.09. The van der Waals surface area contributed by atoms with Crippen molar-refractivity contribution in [1.29, 1.82) is 0 Å². The average Bonchev–Trinajstić information content (AvgIpc) is 3.41. The van der Waals surface area contributed by atoms with E-state index in [9.17, 15) is 9.59 Å². The van der Waals surface area contributed by atoms with Crippen LogP contribution in [0.2, 0.25) is 0 Å². The van der Waals surface area contributed by atoms with Gasteiger partial charge < -0.3 is 14.5 Å². The minimum Gasteiger partial charge on any atom is -0.493 e. The molecule has 1 aliphatic heterocycles. The lowest BCUT2D eigenvalue weighted by Crippen LogP contribution is -2.23. The molecule has 5 rings (SSSR count). The van der Waals surface area contributed by atoms with Gasteiger partial charge in [-0.05, 0) is 52.9 Å². The number of carbonyl (C=O) groups excluding carboxylic acids is 1. The van der Waals surface area contributed by atoms with Crippen LogP contribution in [-0.4, -0.2) is 17.1 Å². The minimum atomic E-state index is -0.386. The average molecular weight is 428 g/mol. The first kappa shape index (κ1) is 20.1. The van der Waals surface area contributed by atoms with E-state index in [2.05, 4.69) is 29.6 Å². The fraction of sp³-hybridized carbons (Fsp3) is 0.231. The number of rotatable bonds is 7. The van der Waals surface area contributed by atoms with Crippen molar-refractivity contribution in [3.05, 3.63) is 88.4 Å². The zero-order valence-electron chi connectivity index (χ0n) is 17.7. The van der Waals surface area contributed by atoms with Gasteiger partial charge in [0.2, 0.25) is 5.91 Å². The topological polar surface area (TPSA) is 73.5 Å². The van der Waals surface area contributed by atoms with Crippen molar-refractivity contribution in [1.82, 2.24) is 9.88 Å². The van der Waals surface area contributed by atoms with Crippen molar-refractivity contribution in [2.24, 2.45) is 0 Å². The molecule has 4 aromatic rings. The van der Waals surface area contributed by atoms with E-state index < -0.39 is 0 Å². The smallest absolute Gasteiger partial charge is 0.419 e. The second kappa shape index (κ2) is 8.75. The van der Waals surface area contributed by atoms with Gasteiger partial charge in [-0.25, -0.2) is 4.79 Å². The van der Waals surface area contributed by atoms with Crippen LogP contribution in [0.15, 0.2) is 75.9 Å². The normalized spacial score (nSPS) is 12.5. The lowest BCUT2D eigenvalue weighted by molar-refractivity contribution is -0.121. The maximum Gasteiger partial charge on any atom is 0.419 e. The summed E-state index contributed by atoms with van der Waals surface area (Å²) < 4.78 is 12.4. The van der Waals surface area contributed by atoms with Gasteiger partial charge in [0.05, 0.1) is 12.1 Å². The van der Waals surface area contributed by atoms with Crippen LogP contribution in [0.4, 0.5) is 0 Å². The molecule has 0 saturated carbocycles. The molecule has 0 radical (unpaired) electrons. The van der Waals surface area contributed by atoms with Crippen LogP contribution < -0.4 is 15.8 Å². The van der Waals surface area contributed by atoms with Crippen molar-refractivity contribution < 1.29 is 13.9 Å². The van der Waals surface area contributed by atoms with Crippen molar-refractivity contribution in [2.75, 3.05) is 6.61 Å². The summed E-state index contributed by atoms with van der Waals surface area (Å²) in [7, 11) is 0. The summed E-state index contributed by atoms with van der Waals surface area (Å²) in [6, 6.07) is 21.8. The number of carbonyl (C=O) groups is 1. The number of nitrogens with one attached hydrogen (secondary N) is 1. The van der Waals surface area contributed by atoms with Crippen LogP contribution in [-0.2, 0) is 24.3 Å². The van der Waals surface area contributed by atoms with E-state index >= 15 is 0 Å². The molecule has 2 heterocycles. The number of aryl methyl sites for hydroxylation is 1. The van der Waals surface area contributed by atoms with Gasteiger partial charge in [0.1, 0.15) is 5.75 Å². The number of fused-ring (bicyclic) bond motifs is 2. The van der Waals surface area contributed by atoms with E-state index in [0.29, 0.717) is 31.5 Å². The zero-order valence-corrected chi connectivity index (χ0v) is 17.7. The molecule has 0 aliphatic carbocycles. The van der Waals surface area contributed by atoms with Gasteiger partial charge in [-0.2, -0.15) is 0 Å². The maximum absolute atomic E-state index is 12.3. The molecule has 0 atom stereocenters. The number of hydrogen-bond acceptors (Lipinski definition) is 4. The third kappa shape index (κ3) is 4.17. The lowest BCUT2D eigenvalue weighted by Gasteiger charge is -2.08. The van der Waals surface area contributed by atoms with E-state index in [-0.39, 0.29) is 11.7 Å². The summed E-state index contributed by atoms with van der Waals surface area (Å²) in [5, 5.41) is 2.96. The van der Waals surface area contributed by atoms with Crippen LogP contribution in [0.3, 0.4) is 0 Å². The first-order chi connectivity index (χ1) is 15.7. The summed E-state index contributed by atoms with van der Waals surface area (Å²) in [4.78, 5) is 24.3. The minimum absolute atomic E-state index is 0.0338. The monoisotopic (exact) mass is 428 g/mol. The van der Waals surface area contributed by atoms with E-state index in [0.717, 1.165) is 35.4 Å². The third-order valence-electron chi connectivity index (χ3n) is 5.83. The number of nitrogens with zero attached hydrogens (tertiary/aromatic N) is 1. The van der Waals surface area contributed by atoms with E-state index in [1.54, 1.807) is 10.6 Å². The highest BCUT2D eigenvalue weighted by atomic mass is 16.5. The molecule has 162 valence electrons. The number of aromatic nitrogens is 1. The largest absolute Gasteiger partial charge is 0.493 e. The highest BCUT2D eigenvalue weighted by Gasteiger charge is 2.13. The number of amides is 1. The molecule has 0 bridgehead atoms. The molecule has 0 fully saturated rings. The first-order valence-electron chi connectivity index (χ1n) is 10.9. The molecule has 0 saturated heterocycles. The van der Waals surface area contributed by atoms with Gasteiger partial charge in [0.25, 0.3) is 0 Å². The molecule has 3 aromatic carbocycles. The summed E-state index contributed by atoms with van der Waals surface area (Å²) in [5.41, 5.74) is 5.94. The molecule has 32 heavy (non-hydrogen) atoms. The third-order valence-corrected chi connectivity index (χ3v) is 5.83. The standard InChI is InChI=1S/C26H24N2O4/c29-25(6-3-14-28-22-4-1-2-5-24(22)32-26(28)30)27-17-18-7-9-19(10-8-18)20-11-12-23-21(16-20)13-15-31-23/h1-2,4-5,7-12,16H,3,6,13-15,17H2,(H,27,29). The van der Waals surface area contributed by atoms with E-state index in [1.807, 2.05) is 36.4 Å². The first-order valence-corrected chi connectivity index (χ1v) is 10.9. The number of oxazole rings is 1. The van der Waals surface area contributed by atoms with Gasteiger partial charge in [-0.1, -0.05) is 42.5 Å². The molecule has 1 aliphatic rings. The Morgan fingerprint density at radius 3 is 2.69 bits per heavy atom. The van der Waals surface area contributed by atoms with Gasteiger partial charge in [0.15, 0.2) is 5.58 Å². The lowest BCUT2D eigenvalue weighted by atomic mass is 10.0. The van der Waals surface area contributed by atoms with E-state index in [1.165, 1.54) is 11.1 Å². The molecular weight excluding hydrogens is 404 g/mol. The van der Waals surface area contributed by atoms with Crippen molar-refractivity contribution >= 4 is 17.0 Å². The summed E-state index contributed by atoms with van der Waals surface area (Å²) in [6.07, 6.45) is 1.87. The van der Waals surface area contributed by atoms with Gasteiger partial charge >= 0.3 is 5.76 Å². The SMILES string of the molecule is O=C(CCCn1c(=O)oc2ccccc21)NCc1ccc(-c2ccc3c(c2)CCO3)cc1. The Balaban J connectivity index is 1.12. The summed E-state index contributed by atoms with van der Waals surface area (Å²) in [6.45, 7) is 1.68. The summed E-state index contributed by atoms with van der Waals surface area (Å²) >= 11 is 0. The van der Waals surface area contributed by atoms with Crippen LogP contribution in [0.25, 0.3) is 22.2 Å². The maximum atomic E-state index is 12.3. The summed E-state index contributed by atoms with van der Waals surface area (Å²) in [5.74, 6) is 0.565.